The van der Waals surface area contributed by atoms with E-state index in [1.807, 2.05) is 17.7 Å². The first-order valence-electron chi connectivity index (χ1n) is 8.55. The molecule has 2 heterocycles. The third-order valence-electron chi connectivity index (χ3n) is 4.52. The van der Waals surface area contributed by atoms with Crippen molar-refractivity contribution < 1.29 is 9.47 Å². The third-order valence-corrected chi connectivity index (χ3v) is 5.80. The SMILES string of the molecule is Cc1cs/c(=N\C2CCCCC2)n1/N=C/c1cc2c(cc1Cl)OCO2. The van der Waals surface area contributed by atoms with Gasteiger partial charge in [-0.1, -0.05) is 30.9 Å². The summed E-state index contributed by atoms with van der Waals surface area (Å²) in [4.78, 5) is 5.86. The maximum absolute atomic E-state index is 6.33. The molecule has 25 heavy (non-hydrogen) atoms. The largest absolute Gasteiger partial charge is 0.454 e. The van der Waals surface area contributed by atoms with Gasteiger partial charge in [-0.05, 0) is 25.8 Å². The van der Waals surface area contributed by atoms with Gasteiger partial charge in [0.2, 0.25) is 11.6 Å². The van der Waals surface area contributed by atoms with Crippen LogP contribution in [0.2, 0.25) is 5.02 Å². The van der Waals surface area contributed by atoms with Crippen LogP contribution in [0.1, 0.15) is 43.4 Å². The van der Waals surface area contributed by atoms with Gasteiger partial charge in [-0.2, -0.15) is 5.10 Å². The molecule has 1 aromatic carbocycles. The molecular weight excluding hydrogens is 358 g/mol. The highest BCUT2D eigenvalue weighted by atomic mass is 35.5. The summed E-state index contributed by atoms with van der Waals surface area (Å²) in [6.07, 6.45) is 7.98. The first-order valence-corrected chi connectivity index (χ1v) is 9.81. The smallest absolute Gasteiger partial charge is 0.231 e. The van der Waals surface area contributed by atoms with E-state index in [1.165, 1.54) is 32.1 Å². The number of thiazole rings is 1. The first kappa shape index (κ1) is 16.7. The number of fused-ring (bicyclic) bond motifs is 1. The van der Waals surface area contributed by atoms with Gasteiger partial charge in [-0.25, -0.2) is 4.68 Å². The van der Waals surface area contributed by atoms with Crippen LogP contribution in [0.25, 0.3) is 0 Å². The van der Waals surface area contributed by atoms with Crippen molar-refractivity contribution in [1.82, 2.24) is 4.68 Å². The van der Waals surface area contributed by atoms with E-state index in [-0.39, 0.29) is 6.79 Å². The van der Waals surface area contributed by atoms with Crippen molar-refractivity contribution in [3.05, 3.63) is 38.6 Å². The first-order chi connectivity index (χ1) is 12.2. The van der Waals surface area contributed by atoms with E-state index < -0.39 is 0 Å². The Bertz CT molecular complexity index is 866. The van der Waals surface area contributed by atoms with Crippen molar-refractivity contribution in [3.8, 4) is 11.5 Å². The summed E-state index contributed by atoms with van der Waals surface area (Å²) in [5, 5.41) is 7.29. The van der Waals surface area contributed by atoms with Crippen molar-refractivity contribution in [2.45, 2.75) is 45.1 Å². The zero-order chi connectivity index (χ0) is 17.2. The Hall–Kier alpha value is -1.79. The molecule has 4 rings (SSSR count). The van der Waals surface area contributed by atoms with E-state index in [2.05, 4.69) is 10.5 Å². The third kappa shape index (κ3) is 3.60. The van der Waals surface area contributed by atoms with Crippen molar-refractivity contribution in [2.24, 2.45) is 10.1 Å². The predicted molar refractivity (Wildman–Crippen MR) is 100 cm³/mol. The van der Waals surface area contributed by atoms with Crippen LogP contribution in [-0.2, 0) is 0 Å². The minimum atomic E-state index is 0.231. The van der Waals surface area contributed by atoms with Gasteiger partial charge < -0.3 is 9.47 Å². The van der Waals surface area contributed by atoms with E-state index in [0.717, 1.165) is 16.1 Å². The summed E-state index contributed by atoms with van der Waals surface area (Å²) in [6.45, 7) is 2.27. The number of nitrogens with zero attached hydrogens (tertiary/aromatic N) is 3. The lowest BCUT2D eigenvalue weighted by molar-refractivity contribution is 0.174. The molecule has 7 heteroatoms. The number of ether oxygens (including phenoxy) is 2. The van der Waals surface area contributed by atoms with Crippen LogP contribution in [0.5, 0.6) is 11.5 Å². The lowest BCUT2D eigenvalue weighted by Gasteiger charge is -2.16. The predicted octanol–water partition coefficient (Wildman–Crippen LogP) is 4.36. The molecule has 1 fully saturated rings. The molecule has 0 atom stereocenters. The standard InChI is InChI=1S/C18H20ClN3O2S/c1-12-10-25-18(21-14-5-3-2-4-6-14)22(12)20-9-13-7-16-17(8-15(13)19)24-11-23-16/h7-10,14H,2-6,11H2,1H3/b20-9+,21-18-. The van der Waals surface area contributed by atoms with Gasteiger partial charge in [0.1, 0.15) is 0 Å². The van der Waals surface area contributed by atoms with Crippen LogP contribution in [0.3, 0.4) is 0 Å². The molecule has 0 N–H and O–H groups in total. The van der Waals surface area contributed by atoms with Crippen molar-refractivity contribution in [3.63, 3.8) is 0 Å². The number of aryl methyl sites for hydroxylation is 1. The van der Waals surface area contributed by atoms with Gasteiger partial charge in [0.15, 0.2) is 11.5 Å². The molecule has 1 aliphatic carbocycles. The average Bonchev–Trinajstić information content (AvgIpc) is 3.20. The number of benzene rings is 1. The van der Waals surface area contributed by atoms with Gasteiger partial charge >= 0.3 is 0 Å². The van der Waals surface area contributed by atoms with Crippen LogP contribution in [0, 0.1) is 6.92 Å². The molecule has 0 unspecified atom stereocenters. The fourth-order valence-corrected chi connectivity index (χ4v) is 4.21. The topological polar surface area (TPSA) is 48.1 Å². The Morgan fingerprint density at radius 1 is 1.20 bits per heavy atom. The summed E-state index contributed by atoms with van der Waals surface area (Å²) in [5.74, 6) is 1.37. The van der Waals surface area contributed by atoms with Gasteiger partial charge in [-0.15, -0.1) is 11.3 Å². The van der Waals surface area contributed by atoms with Crippen LogP contribution in [0.4, 0.5) is 0 Å². The Labute approximate surface area is 155 Å². The van der Waals surface area contributed by atoms with Gasteiger partial charge in [-0.3, -0.25) is 4.99 Å². The molecule has 0 saturated heterocycles. The molecule has 2 aromatic rings. The quantitative estimate of drug-likeness (QED) is 0.746. The average molecular weight is 378 g/mol. The Balaban J connectivity index is 1.64. The van der Waals surface area contributed by atoms with Crippen molar-refractivity contribution in [2.75, 3.05) is 6.79 Å². The summed E-state index contributed by atoms with van der Waals surface area (Å²) in [5.41, 5.74) is 1.86. The highest BCUT2D eigenvalue weighted by Crippen LogP contribution is 2.36. The second-order valence-corrected chi connectivity index (χ2v) is 7.61. The summed E-state index contributed by atoms with van der Waals surface area (Å²) >= 11 is 7.96. The van der Waals surface area contributed by atoms with Crippen LogP contribution in [0.15, 0.2) is 27.6 Å². The molecule has 0 spiro atoms. The minimum absolute atomic E-state index is 0.231. The minimum Gasteiger partial charge on any atom is -0.454 e. The van der Waals surface area contributed by atoms with Crippen LogP contribution < -0.4 is 14.3 Å². The maximum Gasteiger partial charge on any atom is 0.231 e. The molecule has 0 radical (unpaired) electrons. The zero-order valence-electron chi connectivity index (χ0n) is 14.1. The molecule has 0 bridgehead atoms. The molecular formula is C18H20ClN3O2S. The second-order valence-electron chi connectivity index (χ2n) is 6.36. The monoisotopic (exact) mass is 377 g/mol. The zero-order valence-corrected chi connectivity index (χ0v) is 15.6. The number of hydrogen-bond acceptors (Lipinski definition) is 5. The number of halogens is 1. The molecule has 1 saturated carbocycles. The maximum atomic E-state index is 6.33. The normalized spacial score (nSPS) is 18.4. The number of rotatable bonds is 3. The van der Waals surface area contributed by atoms with Gasteiger partial charge in [0, 0.05) is 17.0 Å². The summed E-state index contributed by atoms with van der Waals surface area (Å²) in [7, 11) is 0. The molecule has 132 valence electrons. The number of aromatic nitrogens is 1. The Morgan fingerprint density at radius 2 is 1.96 bits per heavy atom. The Morgan fingerprint density at radius 3 is 2.76 bits per heavy atom. The molecule has 0 amide bonds. The number of hydrogen-bond donors (Lipinski definition) is 0. The van der Waals surface area contributed by atoms with E-state index in [4.69, 9.17) is 26.1 Å². The van der Waals surface area contributed by atoms with Gasteiger partial charge in [0.25, 0.3) is 0 Å². The van der Waals surface area contributed by atoms with Crippen LogP contribution >= 0.6 is 22.9 Å². The Kier molecular flexibility index (Phi) is 4.81. The van der Waals surface area contributed by atoms with E-state index in [9.17, 15) is 0 Å². The van der Waals surface area contributed by atoms with E-state index in [1.54, 1.807) is 23.6 Å². The van der Waals surface area contributed by atoms with Crippen LogP contribution in [-0.4, -0.2) is 23.7 Å². The van der Waals surface area contributed by atoms with E-state index in [0.29, 0.717) is 22.6 Å². The highest BCUT2D eigenvalue weighted by Gasteiger charge is 2.16. The molecule has 1 aromatic heterocycles. The highest BCUT2D eigenvalue weighted by molar-refractivity contribution is 7.07. The fraction of sp³-hybridized carbons (Fsp3) is 0.444. The second kappa shape index (κ2) is 7.22. The molecule has 1 aliphatic heterocycles. The molecule has 5 nitrogen and oxygen atoms in total. The van der Waals surface area contributed by atoms with Crippen molar-refractivity contribution in [1.29, 1.82) is 0 Å². The lowest BCUT2D eigenvalue weighted by Crippen LogP contribution is -2.19. The molecule has 2 aliphatic rings. The van der Waals surface area contributed by atoms with Gasteiger partial charge in [0.05, 0.1) is 23.0 Å². The van der Waals surface area contributed by atoms with E-state index >= 15 is 0 Å². The summed E-state index contributed by atoms with van der Waals surface area (Å²) in [6, 6.07) is 4.04. The fourth-order valence-electron chi connectivity index (χ4n) is 3.13. The lowest BCUT2D eigenvalue weighted by atomic mass is 9.96. The summed E-state index contributed by atoms with van der Waals surface area (Å²) < 4.78 is 12.6. The van der Waals surface area contributed by atoms with Crippen molar-refractivity contribution >= 4 is 29.2 Å².